The second-order valence-corrected chi connectivity index (χ2v) is 4.95. The summed E-state index contributed by atoms with van der Waals surface area (Å²) in [6.45, 7) is 3.96. The van der Waals surface area contributed by atoms with Gasteiger partial charge in [0.1, 0.15) is 0 Å². The first kappa shape index (κ1) is 14.7. The van der Waals surface area contributed by atoms with Crippen LogP contribution in [0.1, 0.15) is 36.5 Å². The highest BCUT2D eigenvalue weighted by Gasteiger charge is 2.15. The van der Waals surface area contributed by atoms with E-state index in [2.05, 4.69) is 5.32 Å². The van der Waals surface area contributed by atoms with Crippen LogP contribution in [0, 0.1) is 0 Å². The quantitative estimate of drug-likeness (QED) is 0.617. The first-order valence-corrected chi connectivity index (χ1v) is 7.13. The average molecular weight is 278 g/mol. The van der Waals surface area contributed by atoms with E-state index in [1.54, 1.807) is 12.1 Å². The largest absolute Gasteiger partial charge is 0.462 e. The third-order valence-corrected chi connectivity index (χ3v) is 3.27. The van der Waals surface area contributed by atoms with E-state index >= 15 is 0 Å². The molecule has 1 aliphatic heterocycles. The van der Waals surface area contributed by atoms with Gasteiger partial charge in [-0.3, -0.25) is 0 Å². The number of hydrogen-bond donors (Lipinski definition) is 2. The van der Waals surface area contributed by atoms with Gasteiger partial charge in [0.25, 0.3) is 0 Å². The molecule has 20 heavy (non-hydrogen) atoms. The summed E-state index contributed by atoms with van der Waals surface area (Å²) in [4.78, 5) is 11.7. The summed E-state index contributed by atoms with van der Waals surface area (Å²) in [5.74, 6) is -0.329. The molecule has 0 saturated carbocycles. The first-order chi connectivity index (χ1) is 9.70. The third-order valence-electron chi connectivity index (χ3n) is 3.27. The molecule has 0 unspecified atom stereocenters. The van der Waals surface area contributed by atoms with Gasteiger partial charge in [-0.15, -0.1) is 0 Å². The number of nitrogens with two attached hydrogens (primary N) is 1. The molecular weight excluding hydrogens is 256 g/mol. The summed E-state index contributed by atoms with van der Waals surface area (Å²) in [7, 11) is 0. The number of carbonyl (C=O) groups excluding carboxylic acids is 1. The molecule has 5 heteroatoms. The van der Waals surface area contributed by atoms with Crippen LogP contribution in [-0.4, -0.2) is 31.8 Å². The molecule has 0 amide bonds. The Labute approximate surface area is 119 Å². The lowest BCUT2D eigenvalue weighted by Crippen LogP contribution is -2.19. The van der Waals surface area contributed by atoms with Gasteiger partial charge in [-0.2, -0.15) is 0 Å². The van der Waals surface area contributed by atoms with Gasteiger partial charge in [-0.1, -0.05) is 6.92 Å². The number of carbonyl (C=O) groups is 1. The molecule has 1 heterocycles. The number of ether oxygens (including phenoxy) is 2. The molecule has 1 atom stereocenters. The molecule has 2 rings (SSSR count). The van der Waals surface area contributed by atoms with Crippen molar-refractivity contribution in [1.29, 1.82) is 0 Å². The SMILES string of the molecule is CCCOC(=O)c1ccc(NC[C@@H]2CCCO2)c(N)c1. The van der Waals surface area contributed by atoms with Crippen molar-refractivity contribution in [2.75, 3.05) is 30.8 Å². The van der Waals surface area contributed by atoms with Crippen molar-refractivity contribution < 1.29 is 14.3 Å². The second-order valence-electron chi connectivity index (χ2n) is 4.95. The molecular formula is C15H22N2O3. The van der Waals surface area contributed by atoms with E-state index in [0.29, 0.717) is 17.9 Å². The average Bonchev–Trinajstić information content (AvgIpc) is 2.96. The molecule has 0 radical (unpaired) electrons. The van der Waals surface area contributed by atoms with Crippen LogP contribution in [-0.2, 0) is 9.47 Å². The van der Waals surface area contributed by atoms with Crippen molar-refractivity contribution in [2.24, 2.45) is 0 Å². The van der Waals surface area contributed by atoms with Crippen LogP contribution < -0.4 is 11.1 Å². The van der Waals surface area contributed by atoms with E-state index in [-0.39, 0.29) is 12.1 Å². The monoisotopic (exact) mass is 278 g/mol. The van der Waals surface area contributed by atoms with Crippen molar-refractivity contribution in [3.63, 3.8) is 0 Å². The van der Waals surface area contributed by atoms with Gasteiger partial charge in [-0.05, 0) is 37.5 Å². The summed E-state index contributed by atoms with van der Waals surface area (Å²) < 4.78 is 10.6. The standard InChI is InChI=1S/C15H22N2O3/c1-2-7-20-15(18)11-5-6-14(13(16)9-11)17-10-12-4-3-8-19-12/h5-6,9,12,17H,2-4,7-8,10,16H2,1H3/t12-/m0/s1. The summed E-state index contributed by atoms with van der Waals surface area (Å²) in [6, 6.07) is 5.19. The Kier molecular flexibility index (Phi) is 5.24. The van der Waals surface area contributed by atoms with E-state index in [1.807, 2.05) is 13.0 Å². The Bertz CT molecular complexity index is 456. The molecule has 110 valence electrons. The predicted octanol–water partition coefficient (Wildman–Crippen LogP) is 2.43. The van der Waals surface area contributed by atoms with Gasteiger partial charge >= 0.3 is 5.97 Å². The summed E-state index contributed by atoms with van der Waals surface area (Å²) in [5, 5.41) is 3.26. The van der Waals surface area contributed by atoms with Crippen molar-refractivity contribution in [3.05, 3.63) is 23.8 Å². The van der Waals surface area contributed by atoms with Gasteiger partial charge in [0, 0.05) is 13.2 Å². The van der Waals surface area contributed by atoms with E-state index < -0.39 is 0 Å². The maximum absolute atomic E-state index is 11.7. The van der Waals surface area contributed by atoms with Crippen molar-refractivity contribution >= 4 is 17.3 Å². The fourth-order valence-electron chi connectivity index (χ4n) is 2.16. The number of esters is 1. The molecule has 1 aromatic rings. The number of nitrogen functional groups attached to an aromatic ring is 1. The molecule has 1 saturated heterocycles. The molecule has 3 N–H and O–H groups in total. The zero-order chi connectivity index (χ0) is 14.4. The molecule has 0 spiro atoms. The summed E-state index contributed by atoms with van der Waals surface area (Å²) in [6.07, 6.45) is 3.25. The third kappa shape index (κ3) is 3.87. The number of hydrogen-bond acceptors (Lipinski definition) is 5. The molecule has 1 aliphatic rings. The summed E-state index contributed by atoms with van der Waals surface area (Å²) in [5.41, 5.74) is 7.82. The highest BCUT2D eigenvalue weighted by atomic mass is 16.5. The van der Waals surface area contributed by atoms with Crippen LogP contribution in [0.2, 0.25) is 0 Å². The van der Waals surface area contributed by atoms with E-state index in [0.717, 1.165) is 38.1 Å². The van der Waals surface area contributed by atoms with Crippen molar-refractivity contribution in [3.8, 4) is 0 Å². The van der Waals surface area contributed by atoms with Crippen LogP contribution >= 0.6 is 0 Å². The van der Waals surface area contributed by atoms with Gasteiger partial charge in [0.2, 0.25) is 0 Å². The van der Waals surface area contributed by atoms with E-state index in [4.69, 9.17) is 15.2 Å². The molecule has 0 bridgehead atoms. The lowest BCUT2D eigenvalue weighted by molar-refractivity contribution is 0.0505. The Morgan fingerprint density at radius 3 is 3.05 bits per heavy atom. The highest BCUT2D eigenvalue weighted by Crippen LogP contribution is 2.21. The Hall–Kier alpha value is -1.75. The van der Waals surface area contributed by atoms with Crippen molar-refractivity contribution in [1.82, 2.24) is 0 Å². The van der Waals surface area contributed by atoms with Crippen LogP contribution in [0.25, 0.3) is 0 Å². The maximum Gasteiger partial charge on any atom is 0.338 e. The fourth-order valence-corrected chi connectivity index (χ4v) is 2.16. The van der Waals surface area contributed by atoms with Gasteiger partial charge in [-0.25, -0.2) is 4.79 Å². The Balaban J connectivity index is 1.92. The molecule has 0 aromatic heterocycles. The topological polar surface area (TPSA) is 73.6 Å². The maximum atomic E-state index is 11.7. The minimum atomic E-state index is -0.329. The summed E-state index contributed by atoms with van der Waals surface area (Å²) >= 11 is 0. The van der Waals surface area contributed by atoms with E-state index in [1.165, 1.54) is 0 Å². The van der Waals surface area contributed by atoms with Gasteiger partial charge in [0.05, 0.1) is 29.6 Å². The Morgan fingerprint density at radius 2 is 2.40 bits per heavy atom. The highest BCUT2D eigenvalue weighted by molar-refractivity contribution is 5.91. The lowest BCUT2D eigenvalue weighted by Gasteiger charge is -2.14. The number of rotatable bonds is 6. The smallest absolute Gasteiger partial charge is 0.338 e. The van der Waals surface area contributed by atoms with Gasteiger partial charge < -0.3 is 20.5 Å². The molecule has 5 nitrogen and oxygen atoms in total. The van der Waals surface area contributed by atoms with E-state index in [9.17, 15) is 4.79 Å². The zero-order valence-corrected chi connectivity index (χ0v) is 11.9. The normalized spacial score (nSPS) is 17.9. The van der Waals surface area contributed by atoms with Gasteiger partial charge in [0.15, 0.2) is 0 Å². The fraction of sp³-hybridized carbons (Fsp3) is 0.533. The second kappa shape index (κ2) is 7.14. The van der Waals surface area contributed by atoms with Crippen LogP contribution in [0.3, 0.4) is 0 Å². The number of anilines is 2. The minimum Gasteiger partial charge on any atom is -0.462 e. The van der Waals surface area contributed by atoms with Crippen molar-refractivity contribution in [2.45, 2.75) is 32.3 Å². The predicted molar refractivity (Wildman–Crippen MR) is 78.9 cm³/mol. The number of nitrogens with one attached hydrogen (secondary N) is 1. The zero-order valence-electron chi connectivity index (χ0n) is 11.9. The first-order valence-electron chi connectivity index (χ1n) is 7.13. The van der Waals surface area contributed by atoms with Crippen LogP contribution in [0.15, 0.2) is 18.2 Å². The Morgan fingerprint density at radius 1 is 1.55 bits per heavy atom. The molecule has 0 aliphatic carbocycles. The molecule has 1 aromatic carbocycles. The van der Waals surface area contributed by atoms with Crippen LogP contribution in [0.5, 0.6) is 0 Å². The lowest BCUT2D eigenvalue weighted by atomic mass is 10.1. The number of benzene rings is 1. The molecule has 1 fully saturated rings. The van der Waals surface area contributed by atoms with Crippen LogP contribution in [0.4, 0.5) is 11.4 Å². The minimum absolute atomic E-state index is 0.253.